The van der Waals surface area contributed by atoms with Crippen molar-refractivity contribution in [2.24, 2.45) is 0 Å². The number of benzene rings is 1. The molecule has 0 unspecified atom stereocenters. The molecule has 0 radical (unpaired) electrons. The number of piperidine rings is 1. The van der Waals surface area contributed by atoms with Gasteiger partial charge in [0.1, 0.15) is 5.82 Å². The number of nitrogen functional groups attached to an aromatic ring is 1. The molecular weight excluding hydrogens is 499 g/mol. The largest absolute Gasteiger partial charge is 0.383 e. The van der Waals surface area contributed by atoms with E-state index in [0.29, 0.717) is 23.8 Å². The van der Waals surface area contributed by atoms with Gasteiger partial charge in [-0.25, -0.2) is 4.98 Å². The maximum absolute atomic E-state index is 6.52. The van der Waals surface area contributed by atoms with Crippen molar-refractivity contribution < 1.29 is 0 Å². The predicted octanol–water partition coefficient (Wildman–Crippen LogP) is 4.64. The molecular formula is C24H23IN6. The van der Waals surface area contributed by atoms with E-state index in [1.54, 1.807) is 4.52 Å². The molecule has 7 heteroatoms. The lowest BCUT2D eigenvalue weighted by molar-refractivity contribution is 0.358. The second kappa shape index (κ2) is 7.56. The molecule has 0 aliphatic carbocycles. The number of nitrogens with one attached hydrogen (secondary N) is 1. The van der Waals surface area contributed by atoms with Gasteiger partial charge < -0.3 is 11.1 Å². The van der Waals surface area contributed by atoms with Gasteiger partial charge in [0, 0.05) is 40.9 Å². The first-order chi connectivity index (χ1) is 15.2. The summed E-state index contributed by atoms with van der Waals surface area (Å²) in [6.07, 6.45) is 8.56. The van der Waals surface area contributed by atoms with Crippen LogP contribution in [-0.4, -0.2) is 31.7 Å². The molecule has 2 aliphatic heterocycles. The normalized spacial score (nSPS) is 22.8. The summed E-state index contributed by atoms with van der Waals surface area (Å²) in [6, 6.07) is 15.6. The average Bonchev–Trinajstić information content (AvgIpc) is 3.39. The minimum absolute atomic E-state index is 0.444. The predicted molar refractivity (Wildman–Crippen MR) is 131 cm³/mol. The topological polar surface area (TPSA) is 81.1 Å². The number of halogens is 1. The van der Waals surface area contributed by atoms with Gasteiger partial charge in [0.15, 0.2) is 5.65 Å². The quantitative estimate of drug-likeness (QED) is 0.383. The minimum atomic E-state index is 0.444. The Morgan fingerprint density at radius 2 is 1.74 bits per heavy atom. The van der Waals surface area contributed by atoms with E-state index in [0.717, 1.165) is 50.1 Å². The van der Waals surface area contributed by atoms with Crippen LogP contribution in [0.1, 0.15) is 37.3 Å². The van der Waals surface area contributed by atoms with Gasteiger partial charge in [-0.15, -0.1) is 0 Å². The van der Waals surface area contributed by atoms with Crippen molar-refractivity contribution >= 4 is 34.1 Å². The zero-order chi connectivity index (χ0) is 20.9. The van der Waals surface area contributed by atoms with Crippen LogP contribution in [0.2, 0.25) is 0 Å². The van der Waals surface area contributed by atoms with Crippen molar-refractivity contribution in [3.05, 3.63) is 64.1 Å². The highest BCUT2D eigenvalue weighted by Gasteiger charge is 2.36. The Morgan fingerprint density at radius 3 is 2.45 bits per heavy atom. The highest BCUT2D eigenvalue weighted by molar-refractivity contribution is 14.1. The van der Waals surface area contributed by atoms with Crippen molar-refractivity contribution in [3.63, 3.8) is 0 Å². The van der Waals surface area contributed by atoms with E-state index in [4.69, 9.17) is 10.7 Å². The first-order valence-electron chi connectivity index (χ1n) is 10.8. The highest BCUT2D eigenvalue weighted by Crippen LogP contribution is 2.40. The van der Waals surface area contributed by atoms with Crippen LogP contribution in [0.15, 0.2) is 54.9 Å². The van der Waals surface area contributed by atoms with Crippen molar-refractivity contribution in [2.75, 3.05) is 5.73 Å². The minimum Gasteiger partial charge on any atom is -0.383 e. The number of hydrogen-bond acceptors (Lipinski definition) is 5. The van der Waals surface area contributed by atoms with E-state index in [9.17, 15) is 0 Å². The Hall–Kier alpha value is -2.52. The summed E-state index contributed by atoms with van der Waals surface area (Å²) in [5.74, 6) is 1.12. The van der Waals surface area contributed by atoms with Crippen molar-refractivity contribution in [1.29, 1.82) is 0 Å². The Bertz CT molecular complexity index is 1240. The van der Waals surface area contributed by atoms with E-state index >= 15 is 0 Å². The van der Waals surface area contributed by atoms with Crippen LogP contribution >= 0.6 is 22.6 Å². The molecule has 31 heavy (non-hydrogen) atoms. The number of hydrogen-bond donors (Lipinski definition) is 2. The smallest absolute Gasteiger partial charge is 0.165 e. The number of anilines is 1. The number of pyridine rings is 1. The molecule has 6 rings (SSSR count). The van der Waals surface area contributed by atoms with Crippen LogP contribution in [0, 0.1) is 3.57 Å². The molecule has 4 aromatic rings. The van der Waals surface area contributed by atoms with Crippen LogP contribution in [0.3, 0.4) is 0 Å². The second-order valence-corrected chi connectivity index (χ2v) is 9.67. The van der Waals surface area contributed by atoms with Crippen molar-refractivity contribution in [3.8, 4) is 22.4 Å². The van der Waals surface area contributed by atoms with Gasteiger partial charge >= 0.3 is 0 Å². The van der Waals surface area contributed by atoms with Crippen LogP contribution in [-0.2, 0) is 0 Å². The zero-order valence-electron chi connectivity index (χ0n) is 17.0. The van der Waals surface area contributed by atoms with Gasteiger partial charge in [0.25, 0.3) is 0 Å². The van der Waals surface area contributed by atoms with Gasteiger partial charge in [-0.2, -0.15) is 9.61 Å². The highest BCUT2D eigenvalue weighted by atomic mass is 127. The van der Waals surface area contributed by atoms with Crippen LogP contribution in [0.4, 0.5) is 5.82 Å². The Kier molecular flexibility index (Phi) is 4.68. The molecule has 2 saturated heterocycles. The third kappa shape index (κ3) is 3.30. The summed E-state index contributed by atoms with van der Waals surface area (Å²) in [7, 11) is 0. The summed E-state index contributed by atoms with van der Waals surface area (Å²) in [5.41, 5.74) is 12.5. The molecule has 2 bridgehead atoms. The van der Waals surface area contributed by atoms with Gasteiger partial charge in [-0.3, -0.25) is 4.98 Å². The van der Waals surface area contributed by atoms with E-state index in [1.165, 1.54) is 12.8 Å². The van der Waals surface area contributed by atoms with E-state index in [1.807, 2.05) is 30.6 Å². The molecule has 3 N–H and O–H groups in total. The van der Waals surface area contributed by atoms with Crippen LogP contribution in [0.25, 0.3) is 28.0 Å². The molecule has 3 atom stereocenters. The maximum Gasteiger partial charge on any atom is 0.165 e. The molecule has 2 aliphatic rings. The lowest BCUT2D eigenvalue weighted by Crippen LogP contribution is -2.37. The molecule has 6 nitrogen and oxygen atoms in total. The van der Waals surface area contributed by atoms with E-state index < -0.39 is 0 Å². The number of fused-ring (bicyclic) bond motifs is 3. The summed E-state index contributed by atoms with van der Waals surface area (Å²) in [4.78, 5) is 9.82. The fourth-order valence-corrected chi connectivity index (χ4v) is 5.89. The van der Waals surface area contributed by atoms with Crippen molar-refractivity contribution in [1.82, 2.24) is 24.9 Å². The summed E-state index contributed by atoms with van der Waals surface area (Å²) in [6.45, 7) is 0. The zero-order valence-corrected chi connectivity index (χ0v) is 19.2. The first kappa shape index (κ1) is 19.2. The Labute approximate surface area is 194 Å². The fourth-order valence-electron chi connectivity index (χ4n) is 5.10. The molecule has 0 saturated carbocycles. The van der Waals surface area contributed by atoms with E-state index in [-0.39, 0.29) is 0 Å². The van der Waals surface area contributed by atoms with Crippen LogP contribution < -0.4 is 11.1 Å². The van der Waals surface area contributed by atoms with E-state index in [2.05, 4.69) is 62.3 Å². The molecule has 5 heterocycles. The standard InChI is InChI=1S/C24H23IN6/c25-21-22(16-10-17-7-8-18(11-16)29-17)30-24-19(13-28-31(24)23(21)26)15-6-9-20(27-12-15)14-4-2-1-3-5-14/h1-6,9,12-13,16-18,29H,7-8,10-11,26H2/t16-,17+,18-. The summed E-state index contributed by atoms with van der Waals surface area (Å²) < 4.78 is 2.80. The van der Waals surface area contributed by atoms with Crippen molar-refractivity contribution in [2.45, 2.75) is 43.7 Å². The number of aromatic nitrogens is 4. The molecule has 1 aromatic carbocycles. The SMILES string of the molecule is Nc1c(I)c([C@H]2C[C@H]3CC[C@@H](C2)N3)nc2c(-c3ccc(-c4ccccc4)nc3)cnn12. The third-order valence-corrected chi connectivity index (χ3v) is 7.76. The molecule has 156 valence electrons. The van der Waals surface area contributed by atoms with Gasteiger partial charge in [0.05, 0.1) is 21.2 Å². The maximum atomic E-state index is 6.52. The summed E-state index contributed by atoms with van der Waals surface area (Å²) >= 11 is 2.34. The Morgan fingerprint density at radius 1 is 0.968 bits per heavy atom. The summed E-state index contributed by atoms with van der Waals surface area (Å²) in [5, 5.41) is 8.27. The molecule has 2 fully saturated rings. The third-order valence-electron chi connectivity index (χ3n) is 6.65. The van der Waals surface area contributed by atoms with Gasteiger partial charge in [-0.05, 0) is 54.3 Å². The number of nitrogens with zero attached hydrogens (tertiary/aromatic N) is 4. The molecule has 3 aromatic heterocycles. The first-order valence-corrected chi connectivity index (χ1v) is 11.9. The fraction of sp³-hybridized carbons (Fsp3) is 0.292. The van der Waals surface area contributed by atoms with Crippen LogP contribution in [0.5, 0.6) is 0 Å². The number of nitrogens with two attached hydrogens (primary N) is 1. The Balaban J connectivity index is 1.41. The van der Waals surface area contributed by atoms with Gasteiger partial charge in [-0.1, -0.05) is 36.4 Å². The average molecular weight is 522 g/mol. The number of rotatable bonds is 3. The van der Waals surface area contributed by atoms with Gasteiger partial charge in [0.2, 0.25) is 0 Å². The lowest BCUT2D eigenvalue weighted by atomic mass is 9.89. The molecule has 0 spiro atoms. The molecule has 0 amide bonds. The monoisotopic (exact) mass is 522 g/mol. The lowest BCUT2D eigenvalue weighted by Gasteiger charge is -2.29. The second-order valence-electron chi connectivity index (χ2n) is 8.59.